The topological polar surface area (TPSA) is 9.23 Å². The average molecular weight is 186 g/mol. The SMILES string of the molecule is CCc1cc(S)cc(F)c1OC. The quantitative estimate of drug-likeness (QED) is 0.699. The highest BCUT2D eigenvalue weighted by Gasteiger charge is 2.08. The van der Waals surface area contributed by atoms with Gasteiger partial charge in [0.25, 0.3) is 0 Å². The van der Waals surface area contributed by atoms with Gasteiger partial charge in [-0.2, -0.15) is 0 Å². The average Bonchev–Trinajstić information content (AvgIpc) is 2.03. The third kappa shape index (κ3) is 1.72. The molecule has 1 rings (SSSR count). The second-order valence-corrected chi connectivity index (χ2v) is 2.99. The van der Waals surface area contributed by atoms with Crippen molar-refractivity contribution in [3.63, 3.8) is 0 Å². The van der Waals surface area contributed by atoms with Gasteiger partial charge in [-0.1, -0.05) is 6.92 Å². The van der Waals surface area contributed by atoms with Gasteiger partial charge < -0.3 is 4.74 Å². The summed E-state index contributed by atoms with van der Waals surface area (Å²) in [6.45, 7) is 1.95. The molecule has 0 saturated carbocycles. The molecule has 1 aromatic carbocycles. The maximum atomic E-state index is 13.1. The molecule has 0 fully saturated rings. The second-order valence-electron chi connectivity index (χ2n) is 2.47. The summed E-state index contributed by atoms with van der Waals surface area (Å²) in [6.07, 6.45) is 0.745. The highest BCUT2D eigenvalue weighted by atomic mass is 32.1. The summed E-state index contributed by atoms with van der Waals surface area (Å²) in [7, 11) is 1.47. The van der Waals surface area contributed by atoms with Gasteiger partial charge in [0, 0.05) is 4.90 Å². The lowest BCUT2D eigenvalue weighted by Gasteiger charge is -2.07. The maximum absolute atomic E-state index is 13.1. The van der Waals surface area contributed by atoms with Crippen LogP contribution in [0.4, 0.5) is 4.39 Å². The molecule has 0 spiro atoms. The third-order valence-corrected chi connectivity index (χ3v) is 1.95. The van der Waals surface area contributed by atoms with E-state index in [4.69, 9.17) is 4.74 Å². The first-order valence-electron chi connectivity index (χ1n) is 3.74. The van der Waals surface area contributed by atoms with Crippen molar-refractivity contribution in [2.75, 3.05) is 7.11 Å². The molecule has 0 aliphatic heterocycles. The molecule has 0 radical (unpaired) electrons. The van der Waals surface area contributed by atoms with Crippen molar-refractivity contribution in [2.24, 2.45) is 0 Å². The van der Waals surface area contributed by atoms with E-state index in [0.717, 1.165) is 12.0 Å². The summed E-state index contributed by atoms with van der Waals surface area (Å²) >= 11 is 4.07. The van der Waals surface area contributed by atoms with E-state index >= 15 is 0 Å². The molecule has 1 nitrogen and oxygen atoms in total. The molecule has 0 heterocycles. The highest BCUT2D eigenvalue weighted by molar-refractivity contribution is 7.80. The van der Waals surface area contributed by atoms with E-state index in [1.165, 1.54) is 13.2 Å². The van der Waals surface area contributed by atoms with E-state index in [2.05, 4.69) is 12.6 Å². The van der Waals surface area contributed by atoms with Crippen molar-refractivity contribution in [1.29, 1.82) is 0 Å². The van der Waals surface area contributed by atoms with Crippen molar-refractivity contribution < 1.29 is 9.13 Å². The van der Waals surface area contributed by atoms with Crippen LogP contribution < -0.4 is 4.74 Å². The van der Waals surface area contributed by atoms with Gasteiger partial charge in [0.1, 0.15) is 0 Å². The van der Waals surface area contributed by atoms with Crippen LogP contribution >= 0.6 is 12.6 Å². The fourth-order valence-corrected chi connectivity index (χ4v) is 1.39. The first-order valence-corrected chi connectivity index (χ1v) is 4.19. The van der Waals surface area contributed by atoms with Gasteiger partial charge in [0.2, 0.25) is 0 Å². The van der Waals surface area contributed by atoms with Crippen LogP contribution in [0.5, 0.6) is 5.75 Å². The lowest BCUT2D eigenvalue weighted by atomic mass is 10.1. The van der Waals surface area contributed by atoms with Crippen molar-refractivity contribution in [2.45, 2.75) is 18.2 Å². The van der Waals surface area contributed by atoms with Crippen LogP contribution in [0.2, 0.25) is 0 Å². The van der Waals surface area contributed by atoms with Crippen LogP contribution in [0.1, 0.15) is 12.5 Å². The Hall–Kier alpha value is -0.700. The predicted molar refractivity (Wildman–Crippen MR) is 49.6 cm³/mol. The van der Waals surface area contributed by atoms with Crippen molar-refractivity contribution >= 4 is 12.6 Å². The number of methoxy groups -OCH3 is 1. The van der Waals surface area contributed by atoms with Gasteiger partial charge in [-0.3, -0.25) is 0 Å². The molecule has 66 valence electrons. The molecule has 0 aliphatic rings. The number of halogens is 1. The lowest BCUT2D eigenvalue weighted by Crippen LogP contribution is -1.94. The molecule has 0 amide bonds. The summed E-state index contributed by atoms with van der Waals surface area (Å²) in [4.78, 5) is 0.630. The fourth-order valence-electron chi connectivity index (χ4n) is 1.13. The minimum absolute atomic E-state index is 0.329. The number of benzene rings is 1. The summed E-state index contributed by atoms with van der Waals surface area (Å²) < 4.78 is 18.0. The Bertz CT molecular complexity index is 286. The molecule has 0 atom stereocenters. The van der Waals surface area contributed by atoms with Gasteiger partial charge in [-0.05, 0) is 24.1 Å². The van der Waals surface area contributed by atoms with Crippen molar-refractivity contribution in [1.82, 2.24) is 0 Å². The zero-order valence-electron chi connectivity index (χ0n) is 7.10. The van der Waals surface area contributed by atoms with Gasteiger partial charge in [-0.25, -0.2) is 4.39 Å². The van der Waals surface area contributed by atoms with Crippen LogP contribution in [0.3, 0.4) is 0 Å². The smallest absolute Gasteiger partial charge is 0.166 e. The van der Waals surface area contributed by atoms with E-state index in [1.54, 1.807) is 0 Å². The minimum Gasteiger partial charge on any atom is -0.493 e. The van der Waals surface area contributed by atoms with Gasteiger partial charge >= 0.3 is 0 Å². The number of thiol groups is 1. The highest BCUT2D eigenvalue weighted by Crippen LogP contribution is 2.26. The Morgan fingerprint density at radius 3 is 2.67 bits per heavy atom. The molecular weight excluding hydrogens is 175 g/mol. The van der Waals surface area contributed by atoms with E-state index in [1.807, 2.05) is 13.0 Å². The van der Waals surface area contributed by atoms with Crippen LogP contribution in [0.25, 0.3) is 0 Å². The molecule has 3 heteroatoms. The zero-order chi connectivity index (χ0) is 9.14. The van der Waals surface area contributed by atoms with Crippen LogP contribution in [0, 0.1) is 5.82 Å². The van der Waals surface area contributed by atoms with E-state index in [0.29, 0.717) is 10.6 Å². The number of hydrogen-bond acceptors (Lipinski definition) is 2. The molecular formula is C9H11FOS. The number of aryl methyl sites for hydroxylation is 1. The Morgan fingerprint density at radius 1 is 1.50 bits per heavy atom. The Labute approximate surface area is 77.0 Å². The maximum Gasteiger partial charge on any atom is 0.166 e. The van der Waals surface area contributed by atoms with E-state index in [9.17, 15) is 4.39 Å². The van der Waals surface area contributed by atoms with Gasteiger partial charge in [-0.15, -0.1) is 12.6 Å². The summed E-state index contributed by atoms with van der Waals surface area (Å²) in [5.74, 6) is -0.0165. The van der Waals surface area contributed by atoms with Gasteiger partial charge in [0.15, 0.2) is 11.6 Å². The van der Waals surface area contributed by atoms with Crippen LogP contribution in [-0.4, -0.2) is 7.11 Å². The minimum atomic E-state index is -0.346. The molecule has 0 aromatic heterocycles. The standard InChI is InChI=1S/C9H11FOS/c1-3-6-4-7(12)5-8(10)9(6)11-2/h4-5,12H,3H2,1-2H3. The molecule has 0 N–H and O–H groups in total. The molecule has 1 aromatic rings. The lowest BCUT2D eigenvalue weighted by molar-refractivity contribution is 0.381. The number of ether oxygens (including phenoxy) is 1. The summed E-state index contributed by atoms with van der Waals surface area (Å²) in [6, 6.07) is 3.16. The summed E-state index contributed by atoms with van der Waals surface area (Å²) in [5, 5.41) is 0. The van der Waals surface area contributed by atoms with Crippen LogP contribution in [0.15, 0.2) is 17.0 Å². The van der Waals surface area contributed by atoms with Gasteiger partial charge in [0.05, 0.1) is 7.11 Å². The second kappa shape index (κ2) is 3.81. The zero-order valence-corrected chi connectivity index (χ0v) is 7.99. The van der Waals surface area contributed by atoms with Crippen molar-refractivity contribution in [3.05, 3.63) is 23.5 Å². The van der Waals surface area contributed by atoms with Crippen molar-refractivity contribution in [3.8, 4) is 5.75 Å². The first kappa shape index (κ1) is 9.39. The third-order valence-electron chi connectivity index (χ3n) is 1.69. The molecule has 0 aliphatic carbocycles. The Balaban J connectivity index is 3.24. The largest absolute Gasteiger partial charge is 0.493 e. The van der Waals surface area contributed by atoms with E-state index < -0.39 is 0 Å². The number of rotatable bonds is 2. The Morgan fingerprint density at radius 2 is 2.17 bits per heavy atom. The predicted octanol–water partition coefficient (Wildman–Crippen LogP) is 2.69. The molecule has 0 saturated heterocycles. The molecule has 0 bridgehead atoms. The number of hydrogen-bond donors (Lipinski definition) is 1. The normalized spacial score (nSPS) is 10.0. The van der Waals surface area contributed by atoms with E-state index in [-0.39, 0.29) is 5.82 Å². The first-order chi connectivity index (χ1) is 5.69. The fraction of sp³-hybridized carbons (Fsp3) is 0.333. The molecule has 12 heavy (non-hydrogen) atoms. The molecule has 0 unspecified atom stereocenters. The monoisotopic (exact) mass is 186 g/mol. The van der Waals surface area contributed by atoms with Crippen LogP contribution in [-0.2, 0) is 6.42 Å². The summed E-state index contributed by atoms with van der Waals surface area (Å²) in [5.41, 5.74) is 0.850. The Kier molecular flexibility index (Phi) is 2.98.